The summed E-state index contributed by atoms with van der Waals surface area (Å²) in [6, 6.07) is 8.05. The summed E-state index contributed by atoms with van der Waals surface area (Å²) in [5, 5.41) is 19.6. The van der Waals surface area contributed by atoms with Crippen LogP contribution in [0.25, 0.3) is 22.3 Å². The molecule has 4 aromatic rings. The number of aliphatic hydroxyl groups is 1. The fraction of sp³-hybridized carbons (Fsp3) is 0.400. The maximum atomic E-state index is 10.5. The van der Waals surface area contributed by atoms with Gasteiger partial charge in [0.25, 0.3) is 0 Å². The normalized spacial score (nSPS) is 18.1. The van der Waals surface area contributed by atoms with Crippen LogP contribution < -0.4 is 9.64 Å². The summed E-state index contributed by atoms with van der Waals surface area (Å²) in [5.41, 5.74) is 2.93. The van der Waals surface area contributed by atoms with E-state index in [0.29, 0.717) is 31.8 Å². The largest absolute Gasteiger partial charge is 0.494 e. The van der Waals surface area contributed by atoms with E-state index in [9.17, 15) is 5.11 Å². The zero-order valence-corrected chi connectivity index (χ0v) is 20.0. The molecule has 1 aromatic carbocycles. The summed E-state index contributed by atoms with van der Waals surface area (Å²) in [5.74, 6) is 3.06. The second kappa shape index (κ2) is 8.64. The number of aryl methyl sites for hydroxylation is 2. The molecule has 0 saturated carbocycles. The molecule has 9 heteroatoms. The maximum absolute atomic E-state index is 10.5. The van der Waals surface area contributed by atoms with E-state index in [-0.39, 0.29) is 0 Å². The van der Waals surface area contributed by atoms with Gasteiger partial charge in [0.05, 0.1) is 12.2 Å². The van der Waals surface area contributed by atoms with Gasteiger partial charge in [-0.25, -0.2) is 15.0 Å². The molecule has 9 nitrogen and oxygen atoms in total. The number of pyridine rings is 1. The van der Waals surface area contributed by atoms with Crippen molar-refractivity contribution in [3.05, 3.63) is 53.9 Å². The fourth-order valence-electron chi connectivity index (χ4n) is 4.47. The minimum absolute atomic E-state index is 0.523. The molecular formula is C25H29N7O2. The maximum Gasteiger partial charge on any atom is 0.163 e. The lowest BCUT2D eigenvalue weighted by Crippen LogP contribution is -2.30. The first-order chi connectivity index (χ1) is 16.3. The molecule has 1 N–H and O–H groups in total. The number of rotatable bonds is 6. The van der Waals surface area contributed by atoms with Crippen LogP contribution in [-0.2, 0) is 13.5 Å². The number of aromatic nitrogens is 6. The number of benzene rings is 1. The van der Waals surface area contributed by atoms with Gasteiger partial charge in [-0.15, -0.1) is 10.2 Å². The number of nitrogens with zero attached hydrogens (tertiary/aromatic N) is 7. The minimum atomic E-state index is -0.718. The van der Waals surface area contributed by atoms with Crippen molar-refractivity contribution < 1.29 is 9.84 Å². The topological polar surface area (TPSA) is 102 Å². The lowest BCUT2D eigenvalue weighted by Gasteiger charge is -2.21. The van der Waals surface area contributed by atoms with Gasteiger partial charge in [-0.1, -0.05) is 12.1 Å². The molecule has 0 bridgehead atoms. The van der Waals surface area contributed by atoms with Gasteiger partial charge in [0, 0.05) is 55.0 Å². The average Bonchev–Trinajstić information content (AvgIpc) is 3.39. The van der Waals surface area contributed by atoms with Crippen LogP contribution in [0.3, 0.4) is 0 Å². The summed E-state index contributed by atoms with van der Waals surface area (Å²) in [6.45, 7) is 7.64. The fourth-order valence-corrected chi connectivity index (χ4v) is 4.47. The summed E-state index contributed by atoms with van der Waals surface area (Å²) in [6.07, 6.45) is 4.77. The molecule has 3 aromatic heterocycles. The van der Waals surface area contributed by atoms with Gasteiger partial charge in [-0.3, -0.25) is 0 Å². The van der Waals surface area contributed by atoms with Crippen molar-refractivity contribution in [3.8, 4) is 17.1 Å². The number of anilines is 1. The number of β-amino-alcohol motifs (C(OH)–C–C–N with tert-alkyl or cyclic N) is 1. The summed E-state index contributed by atoms with van der Waals surface area (Å²) in [7, 11) is 1.92. The second-order valence-electron chi connectivity index (χ2n) is 9.18. The first-order valence-electron chi connectivity index (χ1n) is 11.5. The van der Waals surface area contributed by atoms with Gasteiger partial charge in [-0.2, -0.15) is 0 Å². The zero-order valence-electron chi connectivity index (χ0n) is 20.0. The van der Waals surface area contributed by atoms with E-state index in [1.165, 1.54) is 0 Å². The molecule has 1 saturated heterocycles. The van der Waals surface area contributed by atoms with Crippen molar-refractivity contribution in [2.75, 3.05) is 24.6 Å². The third-order valence-electron chi connectivity index (χ3n) is 6.16. The Kier molecular flexibility index (Phi) is 5.65. The van der Waals surface area contributed by atoms with Gasteiger partial charge < -0.3 is 19.3 Å². The van der Waals surface area contributed by atoms with Crippen molar-refractivity contribution in [1.29, 1.82) is 0 Å². The number of hydrogen-bond donors (Lipinski definition) is 1. The number of hydrogen-bond acceptors (Lipinski definition) is 8. The Morgan fingerprint density at radius 2 is 2.06 bits per heavy atom. The van der Waals surface area contributed by atoms with E-state index in [1.807, 2.05) is 62.8 Å². The smallest absolute Gasteiger partial charge is 0.163 e. The van der Waals surface area contributed by atoms with Crippen molar-refractivity contribution >= 4 is 16.7 Å². The van der Waals surface area contributed by atoms with Crippen LogP contribution in [0.4, 0.5) is 5.82 Å². The predicted octanol–water partition coefficient (Wildman–Crippen LogP) is 3.08. The van der Waals surface area contributed by atoms with E-state index in [1.54, 1.807) is 6.33 Å². The van der Waals surface area contributed by atoms with Crippen LogP contribution in [0, 0.1) is 6.92 Å². The standard InChI is InChI=1S/C25H29N7O2/c1-5-34-20-11-18(23-30-27-15-31(23)4)7-6-17(20)12-21-26-13-19-10-16(2)28-24(22(19)29-21)32-9-8-25(3,33)14-32/h6-7,10-11,13,15,33H,5,8-9,12,14H2,1-4H3. The van der Waals surface area contributed by atoms with E-state index >= 15 is 0 Å². The highest BCUT2D eigenvalue weighted by Gasteiger charge is 2.33. The highest BCUT2D eigenvalue weighted by Crippen LogP contribution is 2.31. The Hall–Kier alpha value is -3.59. The number of ether oxygens (including phenoxy) is 1. The van der Waals surface area contributed by atoms with Gasteiger partial charge >= 0.3 is 0 Å². The van der Waals surface area contributed by atoms with Crippen molar-refractivity contribution in [2.45, 2.75) is 39.2 Å². The van der Waals surface area contributed by atoms with E-state index in [4.69, 9.17) is 14.7 Å². The van der Waals surface area contributed by atoms with Gasteiger partial charge in [0.15, 0.2) is 11.6 Å². The summed E-state index contributed by atoms with van der Waals surface area (Å²) >= 11 is 0. The molecule has 1 unspecified atom stereocenters. The molecule has 5 rings (SSSR count). The van der Waals surface area contributed by atoms with Crippen LogP contribution in [0.15, 0.2) is 36.8 Å². The minimum Gasteiger partial charge on any atom is -0.494 e. The van der Waals surface area contributed by atoms with Crippen LogP contribution >= 0.6 is 0 Å². The van der Waals surface area contributed by atoms with Crippen LogP contribution in [0.5, 0.6) is 5.75 Å². The summed E-state index contributed by atoms with van der Waals surface area (Å²) < 4.78 is 7.84. The van der Waals surface area contributed by atoms with Crippen molar-refractivity contribution in [3.63, 3.8) is 0 Å². The molecule has 0 spiro atoms. The third-order valence-corrected chi connectivity index (χ3v) is 6.16. The summed E-state index contributed by atoms with van der Waals surface area (Å²) in [4.78, 5) is 16.4. The second-order valence-corrected chi connectivity index (χ2v) is 9.18. The Morgan fingerprint density at radius 3 is 2.76 bits per heavy atom. The Balaban J connectivity index is 1.51. The SMILES string of the molecule is CCOc1cc(-c2nncn2C)ccc1Cc1ncc2cc(C)nc(N3CCC(C)(O)C3)c2n1. The van der Waals surface area contributed by atoms with Crippen LogP contribution in [0.2, 0.25) is 0 Å². The van der Waals surface area contributed by atoms with Gasteiger partial charge in [0.1, 0.15) is 23.4 Å². The lowest BCUT2D eigenvalue weighted by atomic mass is 10.1. The highest BCUT2D eigenvalue weighted by atomic mass is 16.5. The molecular weight excluding hydrogens is 430 g/mol. The third kappa shape index (κ3) is 4.31. The van der Waals surface area contributed by atoms with Crippen LogP contribution in [0.1, 0.15) is 37.4 Å². The van der Waals surface area contributed by atoms with Crippen molar-refractivity contribution in [2.24, 2.45) is 7.05 Å². The van der Waals surface area contributed by atoms with Gasteiger partial charge in [0.2, 0.25) is 0 Å². The number of fused-ring (bicyclic) bond motifs is 1. The molecule has 34 heavy (non-hydrogen) atoms. The molecule has 176 valence electrons. The van der Waals surface area contributed by atoms with Gasteiger partial charge in [-0.05, 0) is 39.3 Å². The Labute approximate surface area is 198 Å². The Morgan fingerprint density at radius 1 is 1.21 bits per heavy atom. The average molecular weight is 460 g/mol. The quantitative estimate of drug-likeness (QED) is 0.469. The first kappa shape index (κ1) is 22.2. The predicted molar refractivity (Wildman–Crippen MR) is 130 cm³/mol. The monoisotopic (exact) mass is 459 g/mol. The molecule has 1 fully saturated rings. The lowest BCUT2D eigenvalue weighted by molar-refractivity contribution is 0.0839. The highest BCUT2D eigenvalue weighted by molar-refractivity contribution is 5.88. The van der Waals surface area contributed by atoms with E-state index in [2.05, 4.69) is 20.1 Å². The molecule has 4 heterocycles. The van der Waals surface area contributed by atoms with Crippen LogP contribution in [-0.4, -0.2) is 60.1 Å². The molecule has 0 amide bonds. The van der Waals surface area contributed by atoms with E-state index < -0.39 is 5.60 Å². The van der Waals surface area contributed by atoms with Crippen molar-refractivity contribution in [1.82, 2.24) is 29.7 Å². The molecule has 1 aliphatic rings. The van der Waals surface area contributed by atoms with E-state index in [0.717, 1.165) is 51.7 Å². The Bertz CT molecular complexity index is 1350. The first-order valence-corrected chi connectivity index (χ1v) is 11.5. The molecule has 0 radical (unpaired) electrons. The molecule has 0 aliphatic carbocycles. The molecule has 1 aliphatic heterocycles. The molecule has 1 atom stereocenters. The zero-order chi connectivity index (χ0) is 23.9.